The number of amides is 1. The summed E-state index contributed by atoms with van der Waals surface area (Å²) in [5.74, 6) is 0.0889. The number of nitrogens with two attached hydrogens (primary N) is 1. The van der Waals surface area contributed by atoms with Gasteiger partial charge in [0.15, 0.2) is 0 Å². The predicted molar refractivity (Wildman–Crippen MR) is 74.3 cm³/mol. The summed E-state index contributed by atoms with van der Waals surface area (Å²) >= 11 is 0. The molecule has 2 heterocycles. The number of nitrogens with zero attached hydrogens (tertiary/aromatic N) is 2. The number of rotatable bonds is 3. The molecular formula is C15H20FN3O. The van der Waals surface area contributed by atoms with E-state index in [9.17, 15) is 9.18 Å². The standard InChI is InChI=1S/C15H20FN3O/c16-14-7-11(8-17)1-2-12(14)9-18-5-6-19-13(10-18)3-4-15(19)20/h1-2,7,13H,3-6,8-10,17H2. The van der Waals surface area contributed by atoms with Gasteiger partial charge in [-0.05, 0) is 18.1 Å². The van der Waals surface area contributed by atoms with Gasteiger partial charge in [0.1, 0.15) is 5.82 Å². The summed E-state index contributed by atoms with van der Waals surface area (Å²) < 4.78 is 14.0. The maximum Gasteiger partial charge on any atom is 0.222 e. The van der Waals surface area contributed by atoms with E-state index < -0.39 is 0 Å². The van der Waals surface area contributed by atoms with Crippen molar-refractivity contribution in [3.05, 3.63) is 35.1 Å². The Morgan fingerprint density at radius 2 is 2.20 bits per heavy atom. The van der Waals surface area contributed by atoms with Gasteiger partial charge in [0.25, 0.3) is 0 Å². The monoisotopic (exact) mass is 277 g/mol. The largest absolute Gasteiger partial charge is 0.337 e. The first-order chi connectivity index (χ1) is 9.67. The Bertz CT molecular complexity index is 520. The van der Waals surface area contributed by atoms with Gasteiger partial charge in [-0.25, -0.2) is 4.39 Å². The van der Waals surface area contributed by atoms with Crippen molar-refractivity contribution in [2.75, 3.05) is 19.6 Å². The molecule has 3 rings (SSSR count). The normalized spacial score (nSPS) is 23.2. The molecule has 1 amide bonds. The molecule has 2 N–H and O–H groups in total. The average Bonchev–Trinajstić information content (AvgIpc) is 2.82. The molecule has 0 aromatic heterocycles. The molecule has 0 spiro atoms. The molecule has 1 unspecified atom stereocenters. The molecule has 2 aliphatic heterocycles. The van der Waals surface area contributed by atoms with Crippen molar-refractivity contribution < 1.29 is 9.18 Å². The zero-order chi connectivity index (χ0) is 14.1. The fourth-order valence-corrected chi connectivity index (χ4v) is 3.16. The van der Waals surface area contributed by atoms with E-state index in [1.165, 1.54) is 6.07 Å². The smallest absolute Gasteiger partial charge is 0.222 e. The molecule has 2 aliphatic rings. The highest BCUT2D eigenvalue weighted by Crippen LogP contribution is 2.24. The predicted octanol–water partition coefficient (Wildman–Crippen LogP) is 1.09. The first-order valence-corrected chi connectivity index (χ1v) is 7.16. The molecular weight excluding hydrogens is 257 g/mol. The van der Waals surface area contributed by atoms with E-state index in [1.807, 2.05) is 17.0 Å². The number of carbonyl (C=O) groups excluding carboxylic acids is 1. The summed E-state index contributed by atoms with van der Waals surface area (Å²) in [7, 11) is 0. The van der Waals surface area contributed by atoms with Crippen molar-refractivity contribution in [3.8, 4) is 0 Å². The molecule has 0 aliphatic carbocycles. The lowest BCUT2D eigenvalue weighted by Gasteiger charge is -2.37. The Morgan fingerprint density at radius 3 is 2.95 bits per heavy atom. The molecule has 4 nitrogen and oxygen atoms in total. The highest BCUT2D eigenvalue weighted by molar-refractivity contribution is 5.78. The van der Waals surface area contributed by atoms with Crippen LogP contribution in [0.2, 0.25) is 0 Å². The Labute approximate surface area is 118 Å². The van der Waals surface area contributed by atoms with Crippen LogP contribution in [-0.4, -0.2) is 41.4 Å². The molecule has 1 aromatic carbocycles. The molecule has 2 fully saturated rings. The van der Waals surface area contributed by atoms with Crippen molar-refractivity contribution >= 4 is 5.91 Å². The number of hydrogen-bond donors (Lipinski definition) is 1. The zero-order valence-corrected chi connectivity index (χ0v) is 11.5. The number of benzene rings is 1. The Morgan fingerprint density at radius 1 is 1.35 bits per heavy atom. The summed E-state index contributed by atoms with van der Waals surface area (Å²) in [4.78, 5) is 15.8. The van der Waals surface area contributed by atoms with E-state index in [0.717, 1.165) is 31.6 Å². The van der Waals surface area contributed by atoms with Gasteiger partial charge in [0.05, 0.1) is 0 Å². The van der Waals surface area contributed by atoms with Crippen LogP contribution in [0.15, 0.2) is 18.2 Å². The van der Waals surface area contributed by atoms with Crippen LogP contribution in [0.5, 0.6) is 0 Å². The fourth-order valence-electron chi connectivity index (χ4n) is 3.16. The average molecular weight is 277 g/mol. The van der Waals surface area contributed by atoms with Crippen LogP contribution in [0.1, 0.15) is 24.0 Å². The van der Waals surface area contributed by atoms with Gasteiger partial charge in [0, 0.05) is 50.7 Å². The second-order valence-electron chi connectivity index (χ2n) is 5.64. The van der Waals surface area contributed by atoms with Crippen LogP contribution in [-0.2, 0) is 17.9 Å². The SMILES string of the molecule is NCc1ccc(CN2CCN3C(=O)CCC3C2)c(F)c1. The maximum atomic E-state index is 14.0. The quantitative estimate of drug-likeness (QED) is 0.900. The highest BCUT2D eigenvalue weighted by Gasteiger charge is 2.35. The van der Waals surface area contributed by atoms with Crippen molar-refractivity contribution in [3.63, 3.8) is 0 Å². The van der Waals surface area contributed by atoms with Gasteiger partial charge in [0.2, 0.25) is 5.91 Å². The molecule has 2 saturated heterocycles. The van der Waals surface area contributed by atoms with Crippen LogP contribution >= 0.6 is 0 Å². The highest BCUT2D eigenvalue weighted by atomic mass is 19.1. The molecule has 1 atom stereocenters. The van der Waals surface area contributed by atoms with Crippen LogP contribution in [0, 0.1) is 5.82 Å². The summed E-state index contributed by atoms with van der Waals surface area (Å²) in [5.41, 5.74) is 7.04. The van der Waals surface area contributed by atoms with Crippen molar-refractivity contribution in [2.45, 2.75) is 32.0 Å². The molecule has 5 heteroatoms. The number of halogens is 1. The zero-order valence-electron chi connectivity index (χ0n) is 11.5. The van der Waals surface area contributed by atoms with E-state index in [-0.39, 0.29) is 11.7 Å². The number of hydrogen-bond acceptors (Lipinski definition) is 3. The molecule has 0 radical (unpaired) electrons. The minimum Gasteiger partial charge on any atom is -0.337 e. The van der Waals surface area contributed by atoms with E-state index in [1.54, 1.807) is 0 Å². The molecule has 20 heavy (non-hydrogen) atoms. The minimum atomic E-state index is -0.183. The Kier molecular flexibility index (Phi) is 3.72. The minimum absolute atomic E-state index is 0.183. The maximum absolute atomic E-state index is 14.0. The lowest BCUT2D eigenvalue weighted by molar-refractivity contribution is -0.130. The van der Waals surface area contributed by atoms with Crippen molar-refractivity contribution in [1.82, 2.24) is 9.80 Å². The van der Waals surface area contributed by atoms with E-state index in [4.69, 9.17) is 5.73 Å². The van der Waals surface area contributed by atoms with E-state index >= 15 is 0 Å². The second-order valence-corrected chi connectivity index (χ2v) is 5.64. The molecule has 0 bridgehead atoms. The lowest BCUT2D eigenvalue weighted by Crippen LogP contribution is -2.51. The number of piperazine rings is 1. The van der Waals surface area contributed by atoms with E-state index in [2.05, 4.69) is 4.90 Å². The second kappa shape index (κ2) is 5.50. The lowest BCUT2D eigenvalue weighted by atomic mass is 10.1. The molecule has 1 aromatic rings. The van der Waals surface area contributed by atoms with Gasteiger partial charge >= 0.3 is 0 Å². The number of fused-ring (bicyclic) bond motifs is 1. The first kappa shape index (κ1) is 13.5. The Hall–Kier alpha value is -1.46. The van der Waals surface area contributed by atoms with Gasteiger partial charge in [-0.3, -0.25) is 9.69 Å². The van der Waals surface area contributed by atoms with Crippen LogP contribution in [0.25, 0.3) is 0 Å². The molecule has 108 valence electrons. The third-order valence-electron chi connectivity index (χ3n) is 4.33. The van der Waals surface area contributed by atoms with Crippen molar-refractivity contribution in [1.29, 1.82) is 0 Å². The van der Waals surface area contributed by atoms with Gasteiger partial charge in [-0.2, -0.15) is 0 Å². The van der Waals surface area contributed by atoms with Crippen LogP contribution < -0.4 is 5.73 Å². The van der Waals surface area contributed by atoms with Gasteiger partial charge in [-0.15, -0.1) is 0 Å². The Balaban J connectivity index is 1.65. The van der Waals surface area contributed by atoms with Crippen molar-refractivity contribution in [2.24, 2.45) is 5.73 Å². The van der Waals surface area contributed by atoms with E-state index in [0.29, 0.717) is 31.1 Å². The third kappa shape index (κ3) is 2.55. The third-order valence-corrected chi connectivity index (χ3v) is 4.33. The topological polar surface area (TPSA) is 49.6 Å². The summed E-state index contributed by atoms with van der Waals surface area (Å²) in [5, 5.41) is 0. The van der Waals surface area contributed by atoms with Crippen LogP contribution in [0.3, 0.4) is 0 Å². The van der Waals surface area contributed by atoms with Crippen LogP contribution in [0.4, 0.5) is 4.39 Å². The fraction of sp³-hybridized carbons (Fsp3) is 0.533. The first-order valence-electron chi connectivity index (χ1n) is 7.16. The number of carbonyl (C=O) groups is 1. The summed E-state index contributed by atoms with van der Waals surface area (Å²) in [6.07, 6.45) is 1.60. The summed E-state index contributed by atoms with van der Waals surface area (Å²) in [6.45, 7) is 3.41. The van der Waals surface area contributed by atoms with Gasteiger partial charge in [-0.1, -0.05) is 12.1 Å². The molecule has 0 saturated carbocycles. The summed E-state index contributed by atoms with van der Waals surface area (Å²) in [6, 6.07) is 5.55. The van der Waals surface area contributed by atoms with Gasteiger partial charge < -0.3 is 10.6 Å².